The molecule has 2 aromatic carbocycles. The van der Waals surface area contributed by atoms with Crippen LogP contribution in [0.2, 0.25) is 0 Å². The summed E-state index contributed by atoms with van der Waals surface area (Å²) in [6.07, 6.45) is 10.3. The van der Waals surface area contributed by atoms with Crippen LogP contribution in [0.3, 0.4) is 0 Å². The standard InChI is InChI=1S/C32H44N2O4/c1-5-8-12-30-31(28-23-25(24-33-36-4)13-18-29(28)38-30)32(35)26-14-16-27(17-15-26)37-22-11-21-34(19-9-6-2)20-10-7-3/h13-18,23-24H,5-12,19-22H2,1-4H3. The number of oxime groups is 1. The summed E-state index contributed by atoms with van der Waals surface area (Å²) >= 11 is 0. The number of fused-ring (bicyclic) bond motifs is 1. The second-order valence-electron chi connectivity index (χ2n) is 9.78. The third-order valence-corrected chi connectivity index (χ3v) is 6.74. The molecular weight excluding hydrogens is 476 g/mol. The van der Waals surface area contributed by atoms with Gasteiger partial charge in [-0.15, -0.1) is 0 Å². The Kier molecular flexibility index (Phi) is 12.4. The van der Waals surface area contributed by atoms with E-state index in [0.29, 0.717) is 23.3 Å². The molecule has 0 radical (unpaired) electrons. The highest BCUT2D eigenvalue weighted by molar-refractivity contribution is 6.17. The minimum Gasteiger partial charge on any atom is -0.494 e. The van der Waals surface area contributed by atoms with Crippen LogP contribution in [0.4, 0.5) is 0 Å². The summed E-state index contributed by atoms with van der Waals surface area (Å²) in [4.78, 5) is 21.1. The predicted octanol–water partition coefficient (Wildman–Crippen LogP) is 7.66. The lowest BCUT2D eigenvalue weighted by atomic mass is 9.97. The first-order valence-electron chi connectivity index (χ1n) is 14.2. The van der Waals surface area contributed by atoms with Crippen molar-refractivity contribution < 1.29 is 18.8 Å². The molecule has 0 fully saturated rings. The van der Waals surface area contributed by atoms with Gasteiger partial charge in [0, 0.05) is 23.9 Å². The number of benzene rings is 2. The van der Waals surface area contributed by atoms with Crippen LogP contribution in [0.5, 0.6) is 5.75 Å². The van der Waals surface area contributed by atoms with Crippen molar-refractivity contribution in [2.45, 2.75) is 72.1 Å². The Bertz CT molecular complexity index is 1140. The van der Waals surface area contributed by atoms with Crippen molar-refractivity contribution in [2.75, 3.05) is 33.4 Å². The zero-order chi connectivity index (χ0) is 27.2. The van der Waals surface area contributed by atoms with Gasteiger partial charge in [-0.25, -0.2) is 0 Å². The van der Waals surface area contributed by atoms with Crippen LogP contribution in [-0.2, 0) is 11.3 Å². The van der Waals surface area contributed by atoms with E-state index in [1.807, 2.05) is 42.5 Å². The van der Waals surface area contributed by atoms with E-state index in [0.717, 1.165) is 67.8 Å². The highest BCUT2D eigenvalue weighted by Crippen LogP contribution is 2.30. The Morgan fingerprint density at radius 3 is 2.26 bits per heavy atom. The maximum atomic E-state index is 13.7. The largest absolute Gasteiger partial charge is 0.494 e. The SMILES string of the molecule is CCCCc1oc2ccc(C=NOC)cc2c1C(=O)c1ccc(OCCCN(CCCC)CCCC)cc1. The van der Waals surface area contributed by atoms with Gasteiger partial charge in [0.05, 0.1) is 18.4 Å². The quantitative estimate of drug-likeness (QED) is 0.0746. The number of unbranched alkanes of at least 4 members (excludes halogenated alkanes) is 3. The van der Waals surface area contributed by atoms with E-state index in [4.69, 9.17) is 14.0 Å². The molecule has 0 unspecified atom stereocenters. The number of carbonyl (C=O) groups is 1. The van der Waals surface area contributed by atoms with E-state index in [9.17, 15) is 4.79 Å². The van der Waals surface area contributed by atoms with Crippen molar-refractivity contribution in [1.29, 1.82) is 0 Å². The molecule has 206 valence electrons. The lowest BCUT2D eigenvalue weighted by Gasteiger charge is -2.21. The summed E-state index contributed by atoms with van der Waals surface area (Å²) in [7, 11) is 1.51. The summed E-state index contributed by atoms with van der Waals surface area (Å²) in [5, 5.41) is 4.66. The van der Waals surface area contributed by atoms with Gasteiger partial charge in [-0.05, 0) is 86.8 Å². The summed E-state index contributed by atoms with van der Waals surface area (Å²) in [5.41, 5.74) is 2.82. The molecule has 3 aromatic rings. The second kappa shape index (κ2) is 16.0. The number of carbonyl (C=O) groups excluding carboxylic acids is 1. The van der Waals surface area contributed by atoms with Crippen molar-refractivity contribution in [3.63, 3.8) is 0 Å². The molecule has 3 rings (SSSR count). The fraction of sp³-hybridized carbons (Fsp3) is 0.500. The highest BCUT2D eigenvalue weighted by Gasteiger charge is 2.22. The fourth-order valence-electron chi connectivity index (χ4n) is 4.55. The first kappa shape index (κ1) is 29.4. The van der Waals surface area contributed by atoms with Crippen LogP contribution in [0.25, 0.3) is 11.0 Å². The van der Waals surface area contributed by atoms with Gasteiger partial charge < -0.3 is 18.9 Å². The normalized spacial score (nSPS) is 11.6. The molecule has 0 saturated carbocycles. The van der Waals surface area contributed by atoms with Crippen LogP contribution in [0, 0.1) is 0 Å². The Morgan fingerprint density at radius 1 is 0.921 bits per heavy atom. The van der Waals surface area contributed by atoms with Crippen molar-refractivity contribution in [1.82, 2.24) is 4.90 Å². The Labute approximate surface area is 228 Å². The van der Waals surface area contributed by atoms with Gasteiger partial charge >= 0.3 is 0 Å². The first-order chi connectivity index (χ1) is 18.6. The number of hydrogen-bond donors (Lipinski definition) is 0. The van der Waals surface area contributed by atoms with Gasteiger partial charge in [-0.1, -0.05) is 45.2 Å². The second-order valence-corrected chi connectivity index (χ2v) is 9.78. The molecule has 38 heavy (non-hydrogen) atoms. The van der Waals surface area contributed by atoms with Crippen LogP contribution < -0.4 is 4.74 Å². The molecule has 0 aliphatic heterocycles. The van der Waals surface area contributed by atoms with Gasteiger partial charge in [0.1, 0.15) is 24.2 Å². The molecule has 1 aromatic heterocycles. The Morgan fingerprint density at radius 2 is 1.61 bits per heavy atom. The number of rotatable bonds is 18. The third-order valence-electron chi connectivity index (χ3n) is 6.74. The van der Waals surface area contributed by atoms with Crippen molar-refractivity contribution >= 4 is 23.0 Å². The number of nitrogens with zero attached hydrogens (tertiary/aromatic N) is 2. The molecule has 0 N–H and O–H groups in total. The predicted molar refractivity (Wildman–Crippen MR) is 156 cm³/mol. The molecule has 0 atom stereocenters. The highest BCUT2D eigenvalue weighted by atomic mass is 16.6. The van der Waals surface area contributed by atoms with Crippen molar-refractivity contribution in [3.8, 4) is 5.75 Å². The molecule has 0 amide bonds. The summed E-state index contributed by atoms with van der Waals surface area (Å²) in [5.74, 6) is 1.49. The summed E-state index contributed by atoms with van der Waals surface area (Å²) in [6, 6.07) is 13.2. The summed E-state index contributed by atoms with van der Waals surface area (Å²) < 4.78 is 12.1. The number of furan rings is 1. The maximum Gasteiger partial charge on any atom is 0.197 e. The lowest BCUT2D eigenvalue weighted by Crippen LogP contribution is -2.28. The number of ketones is 1. The molecule has 6 heteroatoms. The number of aryl methyl sites for hydroxylation is 1. The molecule has 0 aliphatic carbocycles. The molecule has 1 heterocycles. The minimum absolute atomic E-state index is 0.0373. The summed E-state index contributed by atoms with van der Waals surface area (Å²) in [6.45, 7) is 10.7. The average molecular weight is 521 g/mol. The van der Waals surface area contributed by atoms with Gasteiger partial charge in [0.25, 0.3) is 0 Å². The Hall–Kier alpha value is -3.12. The van der Waals surface area contributed by atoms with E-state index < -0.39 is 0 Å². The van der Waals surface area contributed by atoms with E-state index in [-0.39, 0.29) is 5.78 Å². The van der Waals surface area contributed by atoms with E-state index >= 15 is 0 Å². The molecular formula is C32H44N2O4. The molecule has 6 nitrogen and oxygen atoms in total. The van der Waals surface area contributed by atoms with Gasteiger partial charge in [0.15, 0.2) is 5.78 Å². The van der Waals surface area contributed by atoms with E-state index in [1.165, 1.54) is 32.8 Å². The third kappa shape index (κ3) is 8.45. The average Bonchev–Trinajstić information content (AvgIpc) is 3.31. The number of ether oxygens (including phenoxy) is 1. The zero-order valence-corrected chi connectivity index (χ0v) is 23.6. The van der Waals surface area contributed by atoms with Gasteiger partial charge in [-0.3, -0.25) is 4.79 Å². The first-order valence-corrected chi connectivity index (χ1v) is 14.2. The van der Waals surface area contributed by atoms with Crippen LogP contribution in [0.1, 0.15) is 93.0 Å². The maximum absolute atomic E-state index is 13.7. The van der Waals surface area contributed by atoms with Gasteiger partial charge in [0.2, 0.25) is 0 Å². The van der Waals surface area contributed by atoms with Gasteiger partial charge in [-0.2, -0.15) is 0 Å². The Balaban J connectivity index is 1.69. The van der Waals surface area contributed by atoms with Crippen molar-refractivity contribution in [3.05, 3.63) is 64.9 Å². The van der Waals surface area contributed by atoms with Crippen LogP contribution in [-0.4, -0.2) is 50.2 Å². The zero-order valence-electron chi connectivity index (χ0n) is 23.6. The number of hydrogen-bond acceptors (Lipinski definition) is 6. The molecule has 0 bridgehead atoms. The fourth-order valence-corrected chi connectivity index (χ4v) is 4.55. The van der Waals surface area contributed by atoms with Crippen molar-refractivity contribution in [2.24, 2.45) is 5.16 Å². The molecule has 0 saturated heterocycles. The lowest BCUT2D eigenvalue weighted by molar-refractivity contribution is 0.103. The monoisotopic (exact) mass is 520 g/mol. The minimum atomic E-state index is -0.0373. The topological polar surface area (TPSA) is 64.3 Å². The van der Waals surface area contributed by atoms with E-state index in [1.54, 1.807) is 6.21 Å². The molecule has 0 aliphatic rings. The van der Waals surface area contributed by atoms with Crippen LogP contribution in [0.15, 0.2) is 52.0 Å². The van der Waals surface area contributed by atoms with Crippen LogP contribution >= 0.6 is 0 Å². The smallest absolute Gasteiger partial charge is 0.197 e. The molecule has 0 spiro atoms. The van der Waals surface area contributed by atoms with E-state index in [2.05, 4.69) is 30.8 Å².